The molecule has 0 aromatic carbocycles. The second-order valence-corrected chi connectivity index (χ2v) is 3.80. The minimum Gasteiger partial charge on any atom is -0.481 e. The third kappa shape index (κ3) is 2.07. The first-order chi connectivity index (χ1) is 7.74. The Hall–Kier alpha value is -1.42. The lowest BCUT2D eigenvalue weighted by Crippen LogP contribution is -2.03. The summed E-state index contributed by atoms with van der Waals surface area (Å²) < 4.78 is 10.6. The number of methoxy groups -OCH3 is 1. The van der Waals surface area contributed by atoms with E-state index in [0.29, 0.717) is 12.3 Å². The van der Waals surface area contributed by atoms with Crippen LogP contribution in [0.25, 0.3) is 0 Å². The van der Waals surface area contributed by atoms with Crippen LogP contribution in [0.1, 0.15) is 30.7 Å². The van der Waals surface area contributed by atoms with Gasteiger partial charge in [0.25, 0.3) is 0 Å². The first-order valence-electron chi connectivity index (χ1n) is 5.41. The molecule has 2 heterocycles. The van der Waals surface area contributed by atoms with E-state index in [9.17, 15) is 4.79 Å². The highest BCUT2D eigenvalue weighted by Gasteiger charge is 2.26. The number of pyridine rings is 1. The number of carbonyl (C=O) groups excluding carboxylic acids is 1. The summed E-state index contributed by atoms with van der Waals surface area (Å²) in [6, 6.07) is 3.89. The van der Waals surface area contributed by atoms with Crippen LogP contribution in [0.15, 0.2) is 12.1 Å². The van der Waals surface area contributed by atoms with Crippen molar-refractivity contribution in [2.45, 2.75) is 25.9 Å². The highest BCUT2D eigenvalue weighted by molar-refractivity contribution is 5.81. The summed E-state index contributed by atoms with van der Waals surface area (Å²) in [6.45, 7) is 2.25. The largest absolute Gasteiger partial charge is 0.481 e. The molecule has 1 unspecified atom stereocenters. The molecule has 1 aromatic rings. The minimum absolute atomic E-state index is 0.130. The van der Waals surface area contributed by atoms with Crippen molar-refractivity contribution >= 4 is 5.78 Å². The molecule has 1 aliphatic heterocycles. The van der Waals surface area contributed by atoms with E-state index in [2.05, 4.69) is 11.9 Å². The summed E-state index contributed by atoms with van der Waals surface area (Å²) in [5.74, 6) is 0.758. The number of ether oxygens (including phenoxy) is 2. The lowest BCUT2D eigenvalue weighted by atomic mass is 10.1. The van der Waals surface area contributed by atoms with Crippen molar-refractivity contribution < 1.29 is 14.3 Å². The second-order valence-electron chi connectivity index (χ2n) is 3.80. The van der Waals surface area contributed by atoms with Crippen molar-refractivity contribution in [3.05, 3.63) is 23.4 Å². The van der Waals surface area contributed by atoms with Crippen LogP contribution in [0.4, 0.5) is 0 Å². The van der Waals surface area contributed by atoms with Crippen LogP contribution in [-0.2, 0) is 16.0 Å². The average Bonchev–Trinajstić information content (AvgIpc) is 2.75. The van der Waals surface area contributed by atoms with Crippen molar-refractivity contribution in [3.8, 4) is 5.88 Å². The maximum atomic E-state index is 11.1. The SMILES string of the molecule is CCc1ccc(C2CC(=O)CO2)nc1OC. The maximum Gasteiger partial charge on any atom is 0.216 e. The van der Waals surface area contributed by atoms with Gasteiger partial charge in [-0.3, -0.25) is 4.79 Å². The highest BCUT2D eigenvalue weighted by atomic mass is 16.5. The van der Waals surface area contributed by atoms with Gasteiger partial charge in [0.2, 0.25) is 5.88 Å². The zero-order valence-corrected chi connectivity index (χ0v) is 9.53. The molecule has 0 spiro atoms. The van der Waals surface area contributed by atoms with E-state index in [1.165, 1.54) is 0 Å². The fourth-order valence-corrected chi connectivity index (χ4v) is 1.82. The van der Waals surface area contributed by atoms with Gasteiger partial charge in [0.15, 0.2) is 5.78 Å². The van der Waals surface area contributed by atoms with Crippen molar-refractivity contribution in [1.82, 2.24) is 4.98 Å². The van der Waals surface area contributed by atoms with E-state index < -0.39 is 0 Å². The van der Waals surface area contributed by atoms with Gasteiger partial charge in [-0.15, -0.1) is 0 Å². The monoisotopic (exact) mass is 221 g/mol. The number of aromatic nitrogens is 1. The number of aryl methyl sites for hydroxylation is 1. The van der Waals surface area contributed by atoms with Gasteiger partial charge < -0.3 is 9.47 Å². The van der Waals surface area contributed by atoms with Crippen LogP contribution in [0.5, 0.6) is 5.88 Å². The fraction of sp³-hybridized carbons (Fsp3) is 0.500. The molecule has 0 aliphatic carbocycles. The third-order valence-corrected chi connectivity index (χ3v) is 2.72. The van der Waals surface area contributed by atoms with E-state index in [1.807, 2.05) is 12.1 Å². The first-order valence-corrected chi connectivity index (χ1v) is 5.41. The standard InChI is InChI=1S/C12H15NO3/c1-3-8-4-5-10(13-12(8)15-2)11-6-9(14)7-16-11/h4-5,11H,3,6-7H2,1-2H3. The molecule has 1 atom stereocenters. The molecule has 1 saturated heterocycles. The van der Waals surface area contributed by atoms with Crippen LogP contribution < -0.4 is 4.74 Å². The summed E-state index contributed by atoms with van der Waals surface area (Å²) in [5.41, 5.74) is 1.84. The second kappa shape index (κ2) is 4.61. The predicted molar refractivity (Wildman–Crippen MR) is 58.5 cm³/mol. The lowest BCUT2D eigenvalue weighted by molar-refractivity contribution is -0.117. The molecule has 2 rings (SSSR count). The van der Waals surface area contributed by atoms with Gasteiger partial charge in [0, 0.05) is 12.0 Å². The molecule has 0 bridgehead atoms. The van der Waals surface area contributed by atoms with Crippen molar-refractivity contribution in [2.24, 2.45) is 0 Å². The summed E-state index contributed by atoms with van der Waals surface area (Å²) >= 11 is 0. The summed E-state index contributed by atoms with van der Waals surface area (Å²) in [5, 5.41) is 0. The van der Waals surface area contributed by atoms with Gasteiger partial charge in [0.1, 0.15) is 12.7 Å². The average molecular weight is 221 g/mol. The Labute approximate surface area is 94.6 Å². The number of ketones is 1. The summed E-state index contributed by atoms with van der Waals surface area (Å²) in [6.07, 6.45) is 1.09. The summed E-state index contributed by atoms with van der Waals surface area (Å²) in [4.78, 5) is 15.5. The van der Waals surface area contributed by atoms with E-state index in [1.54, 1.807) is 7.11 Å². The predicted octanol–water partition coefficient (Wildman–Crippen LogP) is 1.68. The molecule has 0 radical (unpaired) electrons. The van der Waals surface area contributed by atoms with Gasteiger partial charge in [-0.1, -0.05) is 13.0 Å². The molecule has 16 heavy (non-hydrogen) atoms. The topological polar surface area (TPSA) is 48.4 Å². The molecular formula is C12H15NO3. The molecule has 4 heteroatoms. The van der Waals surface area contributed by atoms with E-state index in [0.717, 1.165) is 17.7 Å². The van der Waals surface area contributed by atoms with E-state index in [4.69, 9.17) is 9.47 Å². The van der Waals surface area contributed by atoms with Gasteiger partial charge in [-0.25, -0.2) is 4.98 Å². The Bertz CT molecular complexity index is 403. The molecule has 86 valence electrons. The quantitative estimate of drug-likeness (QED) is 0.779. The summed E-state index contributed by atoms with van der Waals surface area (Å²) in [7, 11) is 1.60. The highest BCUT2D eigenvalue weighted by Crippen LogP contribution is 2.28. The maximum absolute atomic E-state index is 11.1. The third-order valence-electron chi connectivity index (χ3n) is 2.72. The molecule has 0 N–H and O–H groups in total. The molecule has 4 nitrogen and oxygen atoms in total. The zero-order valence-electron chi connectivity index (χ0n) is 9.53. The first kappa shape index (κ1) is 11.1. The molecule has 1 aliphatic rings. The number of hydrogen-bond acceptors (Lipinski definition) is 4. The number of Topliss-reactive ketones (excluding diaryl/α,β-unsaturated/α-hetero) is 1. The Kier molecular flexibility index (Phi) is 3.19. The van der Waals surface area contributed by atoms with Gasteiger partial charge >= 0.3 is 0 Å². The molecule has 0 saturated carbocycles. The van der Waals surface area contributed by atoms with Crippen LogP contribution in [0.2, 0.25) is 0 Å². The van der Waals surface area contributed by atoms with E-state index in [-0.39, 0.29) is 18.5 Å². The minimum atomic E-state index is -0.202. The van der Waals surface area contributed by atoms with Crippen molar-refractivity contribution in [2.75, 3.05) is 13.7 Å². The molecular weight excluding hydrogens is 206 g/mol. The van der Waals surface area contributed by atoms with Gasteiger partial charge in [-0.05, 0) is 12.5 Å². The van der Waals surface area contributed by atoms with Crippen LogP contribution in [0.3, 0.4) is 0 Å². The zero-order chi connectivity index (χ0) is 11.5. The molecule has 1 aromatic heterocycles. The van der Waals surface area contributed by atoms with Gasteiger partial charge in [-0.2, -0.15) is 0 Å². The van der Waals surface area contributed by atoms with Crippen molar-refractivity contribution in [1.29, 1.82) is 0 Å². The lowest BCUT2D eigenvalue weighted by Gasteiger charge is -2.11. The Morgan fingerprint density at radius 1 is 1.56 bits per heavy atom. The van der Waals surface area contributed by atoms with Crippen LogP contribution >= 0.6 is 0 Å². The number of hydrogen-bond donors (Lipinski definition) is 0. The normalized spacial score (nSPS) is 20.1. The van der Waals surface area contributed by atoms with Crippen LogP contribution in [0, 0.1) is 0 Å². The van der Waals surface area contributed by atoms with E-state index >= 15 is 0 Å². The number of nitrogens with zero attached hydrogens (tertiary/aromatic N) is 1. The van der Waals surface area contributed by atoms with Crippen LogP contribution in [-0.4, -0.2) is 24.5 Å². The smallest absolute Gasteiger partial charge is 0.216 e. The number of rotatable bonds is 3. The number of carbonyl (C=O) groups is 1. The van der Waals surface area contributed by atoms with Crippen molar-refractivity contribution in [3.63, 3.8) is 0 Å². The molecule has 0 amide bonds. The Morgan fingerprint density at radius 3 is 2.94 bits per heavy atom. The Morgan fingerprint density at radius 2 is 2.38 bits per heavy atom. The van der Waals surface area contributed by atoms with Gasteiger partial charge in [0.05, 0.1) is 12.8 Å². The fourth-order valence-electron chi connectivity index (χ4n) is 1.82. The molecule has 1 fully saturated rings. The Balaban J connectivity index is 2.25.